The summed E-state index contributed by atoms with van der Waals surface area (Å²) in [6.07, 6.45) is 2.72. The SMILES string of the molecule is CCC(N)C(c1cccc(Cl)c1)N(C)Cc1ccccn1. The van der Waals surface area contributed by atoms with Crippen molar-refractivity contribution in [3.05, 3.63) is 64.9 Å². The number of halogens is 1. The standard InChI is InChI=1S/C17H22ClN3/c1-3-16(19)17(13-7-6-8-14(18)11-13)21(2)12-15-9-4-5-10-20-15/h4-11,16-17H,3,12,19H2,1-2H3. The van der Waals surface area contributed by atoms with Gasteiger partial charge in [-0.1, -0.05) is 36.7 Å². The molecule has 2 N–H and O–H groups in total. The Morgan fingerprint density at radius 3 is 2.67 bits per heavy atom. The highest BCUT2D eigenvalue weighted by Gasteiger charge is 2.23. The molecule has 0 aliphatic carbocycles. The summed E-state index contributed by atoms with van der Waals surface area (Å²) in [5.74, 6) is 0. The lowest BCUT2D eigenvalue weighted by atomic mass is 9.96. The summed E-state index contributed by atoms with van der Waals surface area (Å²) in [4.78, 5) is 6.63. The zero-order chi connectivity index (χ0) is 15.2. The zero-order valence-corrected chi connectivity index (χ0v) is 13.3. The zero-order valence-electron chi connectivity index (χ0n) is 12.5. The van der Waals surface area contributed by atoms with Crippen LogP contribution >= 0.6 is 11.6 Å². The molecule has 0 saturated heterocycles. The first-order valence-corrected chi connectivity index (χ1v) is 7.60. The predicted octanol–water partition coefficient (Wildman–Crippen LogP) is 3.65. The molecule has 0 fully saturated rings. The Morgan fingerprint density at radius 1 is 1.24 bits per heavy atom. The van der Waals surface area contributed by atoms with E-state index in [1.807, 2.05) is 42.6 Å². The van der Waals surface area contributed by atoms with Gasteiger partial charge in [0.25, 0.3) is 0 Å². The number of hydrogen-bond acceptors (Lipinski definition) is 3. The lowest BCUT2D eigenvalue weighted by molar-refractivity contribution is 0.199. The first kappa shape index (κ1) is 16.0. The minimum absolute atomic E-state index is 0.0529. The van der Waals surface area contributed by atoms with Gasteiger partial charge in [0.15, 0.2) is 0 Å². The highest BCUT2D eigenvalue weighted by molar-refractivity contribution is 6.30. The van der Waals surface area contributed by atoms with Gasteiger partial charge in [-0.2, -0.15) is 0 Å². The molecule has 21 heavy (non-hydrogen) atoms. The number of nitrogens with two attached hydrogens (primary N) is 1. The smallest absolute Gasteiger partial charge is 0.0544 e. The fraction of sp³-hybridized carbons (Fsp3) is 0.353. The molecule has 0 aliphatic heterocycles. The Kier molecular flexibility index (Phi) is 5.74. The van der Waals surface area contributed by atoms with Crippen molar-refractivity contribution in [1.82, 2.24) is 9.88 Å². The Bertz CT molecular complexity index is 559. The summed E-state index contributed by atoms with van der Waals surface area (Å²) >= 11 is 6.13. The van der Waals surface area contributed by atoms with Gasteiger partial charge in [0.2, 0.25) is 0 Å². The highest BCUT2D eigenvalue weighted by Crippen LogP contribution is 2.27. The van der Waals surface area contributed by atoms with E-state index in [1.54, 1.807) is 0 Å². The number of aromatic nitrogens is 1. The molecule has 0 bridgehead atoms. The van der Waals surface area contributed by atoms with Crippen LogP contribution in [0.1, 0.15) is 30.6 Å². The maximum absolute atomic E-state index is 6.35. The monoisotopic (exact) mass is 303 g/mol. The molecule has 1 heterocycles. The average Bonchev–Trinajstić information content (AvgIpc) is 2.48. The van der Waals surface area contributed by atoms with E-state index < -0.39 is 0 Å². The quantitative estimate of drug-likeness (QED) is 0.886. The molecule has 2 unspecified atom stereocenters. The second-order valence-corrected chi connectivity index (χ2v) is 5.74. The van der Waals surface area contributed by atoms with Gasteiger partial charge in [0.05, 0.1) is 11.7 Å². The molecule has 1 aromatic heterocycles. The number of hydrogen-bond donors (Lipinski definition) is 1. The molecule has 2 rings (SSSR count). The summed E-state index contributed by atoms with van der Waals surface area (Å²) in [6, 6.07) is 14.1. The molecule has 2 atom stereocenters. The van der Waals surface area contributed by atoms with Gasteiger partial charge in [-0.25, -0.2) is 0 Å². The van der Waals surface area contributed by atoms with Crippen molar-refractivity contribution in [3.8, 4) is 0 Å². The first-order valence-electron chi connectivity index (χ1n) is 7.23. The normalized spacial score (nSPS) is 14.1. The minimum Gasteiger partial charge on any atom is -0.326 e. The molecule has 3 nitrogen and oxygen atoms in total. The van der Waals surface area contributed by atoms with Gasteiger partial charge in [-0.05, 0) is 43.3 Å². The fourth-order valence-corrected chi connectivity index (χ4v) is 2.79. The van der Waals surface area contributed by atoms with Crippen molar-refractivity contribution in [2.24, 2.45) is 5.73 Å². The molecule has 2 aromatic rings. The lowest BCUT2D eigenvalue weighted by Crippen LogP contribution is -2.38. The number of likely N-dealkylation sites (N-methyl/N-ethyl adjacent to an activating group) is 1. The van der Waals surface area contributed by atoms with Crippen LogP contribution in [0.3, 0.4) is 0 Å². The van der Waals surface area contributed by atoms with Crippen molar-refractivity contribution < 1.29 is 0 Å². The van der Waals surface area contributed by atoms with Gasteiger partial charge in [-0.3, -0.25) is 9.88 Å². The van der Waals surface area contributed by atoms with Gasteiger partial charge in [0.1, 0.15) is 0 Å². The number of rotatable bonds is 6. The van der Waals surface area contributed by atoms with Crippen LogP contribution in [0.4, 0.5) is 0 Å². The van der Waals surface area contributed by atoms with E-state index in [-0.39, 0.29) is 12.1 Å². The Morgan fingerprint density at radius 2 is 2.05 bits per heavy atom. The van der Waals surface area contributed by atoms with Crippen LogP contribution in [-0.2, 0) is 6.54 Å². The van der Waals surface area contributed by atoms with Crippen LogP contribution in [0.5, 0.6) is 0 Å². The molecule has 0 radical (unpaired) electrons. The average molecular weight is 304 g/mol. The van der Waals surface area contributed by atoms with Gasteiger partial charge >= 0.3 is 0 Å². The maximum atomic E-state index is 6.35. The van der Waals surface area contributed by atoms with Crippen LogP contribution in [-0.4, -0.2) is 23.0 Å². The van der Waals surface area contributed by atoms with Gasteiger partial charge in [-0.15, -0.1) is 0 Å². The number of pyridine rings is 1. The van der Waals surface area contributed by atoms with Crippen molar-refractivity contribution in [2.45, 2.75) is 32.0 Å². The molecule has 0 amide bonds. The van der Waals surface area contributed by atoms with Crippen LogP contribution in [0.15, 0.2) is 48.7 Å². The van der Waals surface area contributed by atoms with E-state index in [1.165, 1.54) is 0 Å². The van der Waals surface area contributed by atoms with Crippen LogP contribution < -0.4 is 5.73 Å². The predicted molar refractivity (Wildman–Crippen MR) is 88.2 cm³/mol. The number of benzene rings is 1. The molecular formula is C17H22ClN3. The van der Waals surface area contributed by atoms with E-state index in [2.05, 4.69) is 29.9 Å². The molecular weight excluding hydrogens is 282 g/mol. The minimum atomic E-state index is 0.0529. The fourth-order valence-electron chi connectivity index (χ4n) is 2.59. The number of nitrogens with zero attached hydrogens (tertiary/aromatic N) is 2. The summed E-state index contributed by atoms with van der Waals surface area (Å²) < 4.78 is 0. The topological polar surface area (TPSA) is 42.1 Å². The summed E-state index contributed by atoms with van der Waals surface area (Å²) in [7, 11) is 2.08. The Labute approximate surface area is 131 Å². The molecule has 4 heteroatoms. The van der Waals surface area contributed by atoms with E-state index in [0.717, 1.165) is 29.2 Å². The largest absolute Gasteiger partial charge is 0.326 e. The van der Waals surface area contributed by atoms with Gasteiger partial charge < -0.3 is 5.73 Å². The summed E-state index contributed by atoms with van der Waals surface area (Å²) in [6.45, 7) is 2.86. The molecule has 112 valence electrons. The lowest BCUT2D eigenvalue weighted by Gasteiger charge is -2.32. The van der Waals surface area contributed by atoms with Crippen LogP contribution in [0.2, 0.25) is 5.02 Å². The van der Waals surface area contributed by atoms with Crippen molar-refractivity contribution in [2.75, 3.05) is 7.05 Å². The van der Waals surface area contributed by atoms with E-state index in [0.29, 0.717) is 0 Å². The van der Waals surface area contributed by atoms with Crippen LogP contribution in [0.25, 0.3) is 0 Å². The second-order valence-electron chi connectivity index (χ2n) is 5.31. The van der Waals surface area contributed by atoms with E-state index in [4.69, 9.17) is 17.3 Å². The van der Waals surface area contributed by atoms with Crippen molar-refractivity contribution in [1.29, 1.82) is 0 Å². The summed E-state index contributed by atoms with van der Waals surface area (Å²) in [5, 5.41) is 0.743. The third-order valence-electron chi connectivity index (χ3n) is 3.68. The van der Waals surface area contributed by atoms with Crippen LogP contribution in [0, 0.1) is 0 Å². The Balaban J connectivity index is 2.23. The van der Waals surface area contributed by atoms with E-state index >= 15 is 0 Å². The second kappa shape index (κ2) is 7.55. The summed E-state index contributed by atoms with van der Waals surface area (Å²) in [5.41, 5.74) is 8.53. The van der Waals surface area contributed by atoms with E-state index in [9.17, 15) is 0 Å². The maximum Gasteiger partial charge on any atom is 0.0544 e. The van der Waals surface area contributed by atoms with Gasteiger partial charge in [0, 0.05) is 23.8 Å². The molecule has 0 saturated carbocycles. The van der Waals surface area contributed by atoms with Crippen molar-refractivity contribution >= 4 is 11.6 Å². The molecule has 1 aromatic carbocycles. The first-order chi connectivity index (χ1) is 10.1. The molecule has 0 spiro atoms. The highest BCUT2D eigenvalue weighted by atomic mass is 35.5. The Hall–Kier alpha value is -1.42. The third kappa shape index (κ3) is 4.27. The van der Waals surface area contributed by atoms with Crippen molar-refractivity contribution in [3.63, 3.8) is 0 Å². The third-order valence-corrected chi connectivity index (χ3v) is 3.91. The molecule has 0 aliphatic rings.